The Morgan fingerprint density at radius 2 is 1.56 bits per heavy atom. The van der Waals surface area contributed by atoms with Gasteiger partial charge in [-0.1, -0.05) is 85.4 Å². The second kappa shape index (κ2) is 11.6. The summed E-state index contributed by atoms with van der Waals surface area (Å²) in [6.07, 6.45) is 3.21. The molecule has 0 saturated heterocycles. The molecule has 3 aromatic rings. The number of hydrogen-bond acceptors (Lipinski definition) is 3. The van der Waals surface area contributed by atoms with Gasteiger partial charge in [-0.3, -0.25) is 4.79 Å². The number of nitrogens with zero attached hydrogens (tertiary/aromatic N) is 1. The zero-order valence-electron chi connectivity index (χ0n) is 21.9. The molecule has 1 N–H and O–H groups in total. The van der Waals surface area contributed by atoms with E-state index in [1.54, 1.807) is 0 Å². The predicted molar refractivity (Wildman–Crippen MR) is 144 cm³/mol. The molecule has 0 spiro atoms. The number of carbonyl (C=O) groups is 1. The van der Waals surface area contributed by atoms with Gasteiger partial charge in [0.1, 0.15) is 5.76 Å². The Morgan fingerprint density at radius 3 is 2.06 bits per heavy atom. The van der Waals surface area contributed by atoms with Crippen LogP contribution in [0.15, 0.2) is 66.6 Å². The Morgan fingerprint density at radius 1 is 0.941 bits per heavy atom. The first kappa shape index (κ1) is 30.0. The summed E-state index contributed by atoms with van der Waals surface area (Å²) in [4.78, 5) is 16.0. The molecule has 0 unspecified atom stereocenters. The number of ketones is 1. The zero-order chi connectivity index (χ0) is 25.0. The summed E-state index contributed by atoms with van der Waals surface area (Å²) in [5, 5.41) is 13.4. The van der Waals surface area contributed by atoms with E-state index >= 15 is 0 Å². The van der Waals surface area contributed by atoms with Crippen LogP contribution >= 0.6 is 0 Å². The van der Waals surface area contributed by atoms with Crippen LogP contribution in [0.4, 0.5) is 0 Å². The molecule has 0 saturated carbocycles. The molecule has 34 heavy (non-hydrogen) atoms. The van der Waals surface area contributed by atoms with E-state index < -0.39 is 13.5 Å². The summed E-state index contributed by atoms with van der Waals surface area (Å²) < 4.78 is 0. The third-order valence-corrected chi connectivity index (χ3v) is 7.43. The summed E-state index contributed by atoms with van der Waals surface area (Å²) in [5.41, 5.74) is 1.33. The summed E-state index contributed by atoms with van der Waals surface area (Å²) in [6.45, 7) is 18.2. The molecule has 0 fully saturated rings. The van der Waals surface area contributed by atoms with E-state index in [1.807, 2.05) is 47.7 Å². The average molecular weight is 653 g/mol. The molecular formula is C29H38IrNO2Si-. The van der Waals surface area contributed by atoms with Crippen LogP contribution in [0.3, 0.4) is 0 Å². The van der Waals surface area contributed by atoms with Crippen LogP contribution in [0.2, 0.25) is 19.6 Å². The Balaban J connectivity index is 0.000000364. The third-order valence-electron chi connectivity index (χ3n) is 5.38. The molecule has 5 heteroatoms. The number of hydrogen-bond donors (Lipinski definition) is 1. The Hall–Kier alpha value is -2.07. The van der Waals surface area contributed by atoms with E-state index in [1.165, 1.54) is 22.0 Å². The van der Waals surface area contributed by atoms with Crippen molar-refractivity contribution < 1.29 is 30.0 Å². The quantitative estimate of drug-likeness (QED) is 0.140. The number of pyridine rings is 1. The topological polar surface area (TPSA) is 50.2 Å². The van der Waals surface area contributed by atoms with E-state index in [0.717, 1.165) is 11.3 Å². The van der Waals surface area contributed by atoms with E-state index in [-0.39, 0.29) is 37.1 Å². The molecule has 3 rings (SSSR count). The second-order valence-electron chi connectivity index (χ2n) is 11.5. The number of rotatable bonds is 3. The first-order valence-electron chi connectivity index (χ1n) is 11.4. The fourth-order valence-electron chi connectivity index (χ4n) is 2.93. The van der Waals surface area contributed by atoms with Crippen molar-refractivity contribution in [1.29, 1.82) is 0 Å². The number of aromatic nitrogens is 1. The van der Waals surface area contributed by atoms with Crippen LogP contribution in [0, 0.1) is 16.9 Å². The Bertz CT molecular complexity index is 1130. The van der Waals surface area contributed by atoms with Crippen LogP contribution < -0.4 is 5.19 Å². The van der Waals surface area contributed by atoms with Gasteiger partial charge in [-0.05, 0) is 22.5 Å². The summed E-state index contributed by atoms with van der Waals surface area (Å²) in [6, 6.07) is 20.4. The van der Waals surface area contributed by atoms with Gasteiger partial charge in [-0.25, -0.2) is 0 Å². The predicted octanol–water partition coefficient (Wildman–Crippen LogP) is 7.33. The van der Waals surface area contributed by atoms with E-state index in [4.69, 9.17) is 0 Å². The minimum absolute atomic E-state index is 0. The largest absolute Gasteiger partial charge is 0.512 e. The number of fused-ring (bicyclic) bond motifs is 1. The van der Waals surface area contributed by atoms with Crippen molar-refractivity contribution >= 4 is 29.8 Å². The maximum Gasteiger partial charge on any atom is 0.164 e. The smallest absolute Gasteiger partial charge is 0.164 e. The molecule has 0 atom stereocenters. The van der Waals surface area contributed by atoms with Gasteiger partial charge < -0.3 is 10.1 Å². The van der Waals surface area contributed by atoms with Gasteiger partial charge in [0.15, 0.2) is 5.78 Å². The molecule has 0 aliphatic carbocycles. The van der Waals surface area contributed by atoms with E-state index in [0.29, 0.717) is 0 Å². The van der Waals surface area contributed by atoms with Crippen molar-refractivity contribution in [3.63, 3.8) is 0 Å². The van der Waals surface area contributed by atoms with Crippen molar-refractivity contribution in [2.75, 3.05) is 0 Å². The monoisotopic (exact) mass is 653 g/mol. The van der Waals surface area contributed by atoms with Crippen LogP contribution in [0.25, 0.3) is 22.0 Å². The number of carbonyl (C=O) groups excluding carboxylic acids is 1. The molecule has 1 aromatic heterocycles. The first-order valence-corrected chi connectivity index (χ1v) is 14.9. The standard InChI is InChI=1S/C18H18NSi.C11H20O2.Ir/c1-20(2,3)16-10-8-15(9-11-16)18-17-7-5-4-6-14(17)12-13-19-18;1-10(2,3)8(12)7-9(13)11(4,5)6;/h4-8,10-13H,1-3H3;7,12H,1-6H3;/q-1;;/b;8-7-;. The molecule has 1 heterocycles. The van der Waals surface area contributed by atoms with Crippen LogP contribution in [-0.2, 0) is 24.9 Å². The van der Waals surface area contributed by atoms with Crippen molar-refractivity contribution in [3.05, 3.63) is 72.6 Å². The molecular weight excluding hydrogens is 615 g/mol. The third kappa shape index (κ3) is 8.30. The Kier molecular flexibility index (Phi) is 10.2. The van der Waals surface area contributed by atoms with Gasteiger partial charge in [0.05, 0.1) is 0 Å². The molecule has 0 aliphatic heterocycles. The number of allylic oxidation sites excluding steroid dienone is 2. The van der Waals surface area contributed by atoms with Crippen molar-refractivity contribution in [3.8, 4) is 11.3 Å². The SMILES string of the molecule is CC(C)(C)C(=O)/C=C(\O)C(C)(C)C.C[Si](C)(C)c1c[c-]c(-c2nccc3ccccc23)cc1.[Ir]. The molecule has 3 nitrogen and oxygen atoms in total. The fraction of sp³-hybridized carbons (Fsp3) is 0.379. The minimum atomic E-state index is -1.26. The zero-order valence-corrected chi connectivity index (χ0v) is 25.3. The molecule has 0 amide bonds. The van der Waals surface area contributed by atoms with E-state index in [9.17, 15) is 9.90 Å². The minimum Gasteiger partial charge on any atom is -0.512 e. The normalized spacial score (nSPS) is 12.4. The van der Waals surface area contributed by atoms with Crippen molar-refractivity contribution in [2.45, 2.75) is 61.2 Å². The van der Waals surface area contributed by atoms with Crippen molar-refractivity contribution in [1.82, 2.24) is 4.98 Å². The summed E-state index contributed by atoms with van der Waals surface area (Å²) in [5.74, 6) is 0.104. The van der Waals surface area contributed by atoms with Gasteiger partial charge in [0.2, 0.25) is 0 Å². The average Bonchev–Trinajstić information content (AvgIpc) is 2.72. The molecule has 2 aromatic carbocycles. The number of aliphatic hydroxyl groups is 1. The first-order chi connectivity index (χ1) is 15.1. The maximum atomic E-state index is 11.5. The van der Waals surface area contributed by atoms with Gasteiger partial charge in [-0.15, -0.1) is 35.0 Å². The molecule has 0 aliphatic rings. The van der Waals surface area contributed by atoms with Crippen LogP contribution in [0.5, 0.6) is 0 Å². The van der Waals surface area contributed by atoms with Gasteiger partial charge >= 0.3 is 0 Å². The van der Waals surface area contributed by atoms with Crippen LogP contribution in [-0.4, -0.2) is 23.9 Å². The van der Waals surface area contributed by atoms with Gasteiger partial charge in [-0.2, -0.15) is 0 Å². The molecule has 0 bridgehead atoms. The van der Waals surface area contributed by atoms with Gasteiger partial charge in [0.25, 0.3) is 0 Å². The number of benzene rings is 2. The summed E-state index contributed by atoms with van der Waals surface area (Å²) >= 11 is 0. The Labute approximate surface area is 220 Å². The maximum absolute atomic E-state index is 11.5. The fourth-order valence-corrected chi connectivity index (χ4v) is 4.02. The van der Waals surface area contributed by atoms with Crippen LogP contribution in [0.1, 0.15) is 41.5 Å². The summed E-state index contributed by atoms with van der Waals surface area (Å²) in [7, 11) is -1.26. The second-order valence-corrected chi connectivity index (χ2v) is 16.6. The van der Waals surface area contributed by atoms with E-state index in [2.05, 4.69) is 79.2 Å². The number of aliphatic hydroxyl groups excluding tert-OH is 1. The van der Waals surface area contributed by atoms with Gasteiger partial charge in [0, 0.05) is 51.3 Å². The molecule has 185 valence electrons. The molecule has 1 radical (unpaired) electrons. The van der Waals surface area contributed by atoms with Crippen molar-refractivity contribution in [2.24, 2.45) is 10.8 Å².